The van der Waals surface area contributed by atoms with Crippen LogP contribution in [0.5, 0.6) is 0 Å². The summed E-state index contributed by atoms with van der Waals surface area (Å²) in [5.74, 6) is 0. The number of nitrogens with one attached hydrogen (secondary N) is 1. The summed E-state index contributed by atoms with van der Waals surface area (Å²) in [5, 5.41) is 18.3. The third-order valence-corrected chi connectivity index (χ3v) is 3.54. The van der Waals surface area contributed by atoms with Gasteiger partial charge in [-0.15, -0.1) is 0 Å². The summed E-state index contributed by atoms with van der Waals surface area (Å²) in [4.78, 5) is 10.7. The van der Waals surface area contributed by atoms with Crippen LogP contribution in [0.2, 0.25) is 0 Å². The molecular weight excluding hydrogens is 248 g/mol. The van der Waals surface area contributed by atoms with Crippen molar-refractivity contribution in [3.05, 3.63) is 56.3 Å². The number of anilines is 1. The van der Waals surface area contributed by atoms with Crippen LogP contribution in [0.1, 0.15) is 24.1 Å². The van der Waals surface area contributed by atoms with Crippen molar-refractivity contribution in [2.45, 2.75) is 19.9 Å². The number of rotatable bonds is 4. The molecule has 0 aliphatic heterocycles. The molecule has 0 saturated carbocycles. The van der Waals surface area contributed by atoms with E-state index in [2.05, 4.69) is 5.32 Å². The van der Waals surface area contributed by atoms with E-state index < -0.39 is 0 Å². The van der Waals surface area contributed by atoms with Gasteiger partial charge in [-0.25, -0.2) is 0 Å². The van der Waals surface area contributed by atoms with Crippen molar-refractivity contribution in [2.24, 2.45) is 0 Å². The monoisotopic (exact) mass is 262 g/mol. The Labute approximate surface area is 109 Å². The predicted molar refractivity (Wildman–Crippen MR) is 74.2 cm³/mol. The molecule has 0 saturated heterocycles. The second kappa shape index (κ2) is 5.18. The molecular formula is C13H14N2O2S. The van der Waals surface area contributed by atoms with Crippen LogP contribution in [-0.2, 0) is 0 Å². The summed E-state index contributed by atoms with van der Waals surface area (Å²) >= 11 is 1.62. The molecule has 0 radical (unpaired) electrons. The van der Waals surface area contributed by atoms with Gasteiger partial charge in [-0.2, -0.15) is 11.3 Å². The van der Waals surface area contributed by atoms with Crippen molar-refractivity contribution in [3.63, 3.8) is 0 Å². The van der Waals surface area contributed by atoms with Gasteiger partial charge in [0, 0.05) is 11.6 Å². The average Bonchev–Trinajstić information content (AvgIpc) is 2.81. The Bertz CT molecular complexity index is 552. The molecule has 0 bridgehead atoms. The van der Waals surface area contributed by atoms with Crippen molar-refractivity contribution in [2.75, 3.05) is 5.32 Å². The zero-order valence-electron chi connectivity index (χ0n) is 10.2. The summed E-state index contributed by atoms with van der Waals surface area (Å²) in [5.41, 5.74) is 2.52. The topological polar surface area (TPSA) is 55.2 Å². The lowest BCUT2D eigenvalue weighted by molar-refractivity contribution is -0.384. The summed E-state index contributed by atoms with van der Waals surface area (Å²) in [7, 11) is 0. The highest BCUT2D eigenvalue weighted by Gasteiger charge is 2.18. The number of thiophene rings is 1. The number of hydrogen-bond donors (Lipinski definition) is 1. The van der Waals surface area contributed by atoms with Crippen LogP contribution in [0, 0.1) is 17.0 Å². The van der Waals surface area contributed by atoms with Crippen LogP contribution in [-0.4, -0.2) is 4.92 Å². The Hall–Kier alpha value is -1.88. The van der Waals surface area contributed by atoms with E-state index in [1.807, 2.05) is 29.8 Å². The van der Waals surface area contributed by atoms with E-state index in [9.17, 15) is 10.1 Å². The molecule has 1 heterocycles. The first-order chi connectivity index (χ1) is 8.59. The first-order valence-electron chi connectivity index (χ1n) is 5.62. The lowest BCUT2D eigenvalue weighted by Gasteiger charge is -2.14. The van der Waals surface area contributed by atoms with Crippen molar-refractivity contribution in [1.82, 2.24) is 0 Å². The number of hydrogen-bond acceptors (Lipinski definition) is 4. The molecule has 4 nitrogen and oxygen atoms in total. The van der Waals surface area contributed by atoms with Crippen LogP contribution in [0.15, 0.2) is 35.0 Å². The molecule has 1 aromatic carbocycles. The van der Waals surface area contributed by atoms with Gasteiger partial charge >= 0.3 is 0 Å². The van der Waals surface area contributed by atoms with Gasteiger partial charge in [0.1, 0.15) is 5.69 Å². The van der Waals surface area contributed by atoms with Crippen molar-refractivity contribution < 1.29 is 4.92 Å². The summed E-state index contributed by atoms with van der Waals surface area (Å²) in [6, 6.07) is 7.39. The maximum Gasteiger partial charge on any atom is 0.295 e. The maximum absolute atomic E-state index is 11.1. The lowest BCUT2D eigenvalue weighted by atomic mass is 10.1. The van der Waals surface area contributed by atoms with Gasteiger partial charge in [-0.05, 0) is 42.3 Å². The Morgan fingerprint density at radius 3 is 2.78 bits per heavy atom. The van der Waals surface area contributed by atoms with Gasteiger partial charge in [0.05, 0.1) is 4.92 Å². The zero-order chi connectivity index (χ0) is 13.1. The minimum atomic E-state index is -0.335. The second-order valence-electron chi connectivity index (χ2n) is 4.15. The number of nitrogens with zero attached hydrogens (tertiary/aromatic N) is 1. The van der Waals surface area contributed by atoms with E-state index in [1.54, 1.807) is 30.4 Å². The molecule has 0 spiro atoms. The minimum Gasteiger partial charge on any atom is -0.373 e. The number of nitro groups is 1. The second-order valence-corrected chi connectivity index (χ2v) is 4.93. The Kier molecular flexibility index (Phi) is 3.62. The van der Waals surface area contributed by atoms with E-state index in [1.165, 1.54) is 0 Å². The van der Waals surface area contributed by atoms with Gasteiger partial charge in [0.15, 0.2) is 0 Å². The quantitative estimate of drug-likeness (QED) is 0.665. The Morgan fingerprint density at radius 2 is 2.17 bits per heavy atom. The van der Waals surface area contributed by atoms with E-state index in [-0.39, 0.29) is 16.7 Å². The number of nitro benzene ring substituents is 1. The molecule has 1 aromatic heterocycles. The highest BCUT2D eigenvalue weighted by atomic mass is 32.1. The fourth-order valence-electron chi connectivity index (χ4n) is 1.86. The van der Waals surface area contributed by atoms with Gasteiger partial charge in [0.2, 0.25) is 0 Å². The SMILES string of the molecule is Cc1cccc(NC(C)c2ccsc2)c1[N+](=O)[O-]. The maximum atomic E-state index is 11.1. The van der Waals surface area contributed by atoms with Gasteiger partial charge < -0.3 is 5.32 Å². The number of aryl methyl sites for hydroxylation is 1. The van der Waals surface area contributed by atoms with Gasteiger partial charge in [-0.1, -0.05) is 12.1 Å². The summed E-state index contributed by atoms with van der Waals surface area (Å²) in [6.07, 6.45) is 0. The minimum absolute atomic E-state index is 0.0525. The summed E-state index contributed by atoms with van der Waals surface area (Å²) in [6.45, 7) is 3.74. The van der Waals surface area contributed by atoms with Crippen LogP contribution in [0.3, 0.4) is 0 Å². The molecule has 0 fully saturated rings. The lowest BCUT2D eigenvalue weighted by Crippen LogP contribution is -2.08. The standard InChI is InChI=1S/C13H14N2O2S/c1-9-4-3-5-12(13(9)15(16)17)14-10(2)11-6-7-18-8-11/h3-8,10,14H,1-2H3. The highest BCUT2D eigenvalue weighted by molar-refractivity contribution is 7.07. The zero-order valence-corrected chi connectivity index (χ0v) is 11.0. The van der Waals surface area contributed by atoms with Crippen LogP contribution >= 0.6 is 11.3 Å². The third kappa shape index (κ3) is 2.51. The molecule has 5 heteroatoms. The fraction of sp³-hybridized carbons (Fsp3) is 0.231. The van der Waals surface area contributed by atoms with E-state index in [4.69, 9.17) is 0 Å². The normalized spacial score (nSPS) is 12.1. The average molecular weight is 262 g/mol. The van der Waals surface area contributed by atoms with Gasteiger partial charge in [-0.3, -0.25) is 10.1 Å². The largest absolute Gasteiger partial charge is 0.373 e. The first-order valence-corrected chi connectivity index (χ1v) is 6.56. The fourth-order valence-corrected chi connectivity index (χ4v) is 2.61. The first kappa shape index (κ1) is 12.6. The molecule has 2 rings (SSSR count). The smallest absolute Gasteiger partial charge is 0.295 e. The molecule has 1 atom stereocenters. The Morgan fingerprint density at radius 1 is 1.39 bits per heavy atom. The van der Waals surface area contributed by atoms with Gasteiger partial charge in [0.25, 0.3) is 5.69 Å². The van der Waals surface area contributed by atoms with Crippen molar-refractivity contribution in [1.29, 1.82) is 0 Å². The van der Waals surface area contributed by atoms with E-state index in [0.29, 0.717) is 11.3 Å². The molecule has 1 N–H and O–H groups in total. The third-order valence-electron chi connectivity index (χ3n) is 2.84. The van der Waals surface area contributed by atoms with Crippen molar-refractivity contribution >= 4 is 22.7 Å². The molecule has 0 aliphatic carbocycles. The van der Waals surface area contributed by atoms with E-state index in [0.717, 1.165) is 5.56 Å². The predicted octanol–water partition coefficient (Wildman–Crippen LogP) is 4.14. The van der Waals surface area contributed by atoms with Crippen LogP contribution in [0.25, 0.3) is 0 Å². The molecule has 0 amide bonds. The number of para-hydroxylation sites is 1. The molecule has 1 unspecified atom stereocenters. The molecule has 2 aromatic rings. The van der Waals surface area contributed by atoms with Crippen LogP contribution < -0.4 is 5.32 Å². The molecule has 94 valence electrons. The molecule has 18 heavy (non-hydrogen) atoms. The van der Waals surface area contributed by atoms with Crippen molar-refractivity contribution in [3.8, 4) is 0 Å². The Balaban J connectivity index is 2.29. The summed E-state index contributed by atoms with van der Waals surface area (Å²) < 4.78 is 0. The molecule has 0 aliphatic rings. The highest BCUT2D eigenvalue weighted by Crippen LogP contribution is 2.31. The van der Waals surface area contributed by atoms with E-state index >= 15 is 0 Å². The van der Waals surface area contributed by atoms with Crippen LogP contribution in [0.4, 0.5) is 11.4 Å². The number of benzene rings is 1.